The number of rotatable bonds is 10. The first-order valence-electron chi connectivity index (χ1n) is 12.0. The number of aromatic nitrogens is 2. The molecule has 2 N–H and O–H groups in total. The highest BCUT2D eigenvalue weighted by atomic mass is 32.2. The van der Waals surface area contributed by atoms with E-state index in [9.17, 15) is 18.2 Å². The lowest BCUT2D eigenvalue weighted by atomic mass is 10.0. The summed E-state index contributed by atoms with van der Waals surface area (Å²) in [5.74, 6) is -0.287. The Morgan fingerprint density at radius 2 is 2.00 bits per heavy atom. The fourth-order valence-electron chi connectivity index (χ4n) is 3.20. The summed E-state index contributed by atoms with van der Waals surface area (Å²) >= 11 is 1.21. The van der Waals surface area contributed by atoms with Gasteiger partial charge in [-0.25, -0.2) is 13.6 Å². The monoisotopic (exact) mass is 534 g/mol. The fraction of sp³-hybridized carbons (Fsp3) is 0.423. The number of hydrogen-bond donors (Lipinski definition) is 2. The van der Waals surface area contributed by atoms with Crippen LogP contribution in [0.15, 0.2) is 42.0 Å². The van der Waals surface area contributed by atoms with E-state index in [0.717, 1.165) is 11.5 Å². The van der Waals surface area contributed by atoms with Gasteiger partial charge in [-0.15, -0.1) is 11.3 Å². The van der Waals surface area contributed by atoms with Gasteiger partial charge < -0.3 is 10.6 Å². The average molecular weight is 535 g/mol. The van der Waals surface area contributed by atoms with Crippen molar-refractivity contribution < 1.29 is 18.2 Å². The predicted octanol–water partition coefficient (Wildman–Crippen LogP) is 5.79. The molecule has 2 amide bonds. The molecule has 7 nitrogen and oxygen atoms in total. The Bertz CT molecular complexity index is 1160. The Labute approximate surface area is 219 Å². The van der Waals surface area contributed by atoms with E-state index in [-0.39, 0.29) is 12.4 Å². The Balaban J connectivity index is 0.000000493. The molecule has 2 aromatic heterocycles. The molecule has 3 aromatic rings. The molecule has 0 aliphatic carbocycles. The maximum Gasteiger partial charge on any atom is 0.253 e. The molecule has 0 aliphatic heterocycles. The first-order valence-corrected chi connectivity index (χ1v) is 14.3. The van der Waals surface area contributed by atoms with Gasteiger partial charge in [0.05, 0.1) is 17.8 Å². The Hall–Kier alpha value is -2.85. The molecule has 0 fully saturated rings. The highest BCUT2D eigenvalue weighted by Gasteiger charge is 2.12. The molecule has 3 rings (SSSR count). The van der Waals surface area contributed by atoms with Crippen LogP contribution < -0.4 is 10.6 Å². The molecule has 0 spiro atoms. The number of aryl methyl sites for hydroxylation is 1. The zero-order valence-electron chi connectivity index (χ0n) is 21.5. The molecule has 0 aliphatic rings. The van der Waals surface area contributed by atoms with Crippen molar-refractivity contribution in [2.75, 3.05) is 18.1 Å². The number of thiazole rings is 1. The van der Waals surface area contributed by atoms with Gasteiger partial charge in [-0.2, -0.15) is 0 Å². The van der Waals surface area contributed by atoms with Gasteiger partial charge in [-0.1, -0.05) is 46.5 Å². The first kappa shape index (κ1) is 29.4. The molecule has 0 saturated carbocycles. The summed E-state index contributed by atoms with van der Waals surface area (Å²) in [5.41, 5.74) is 2.26. The summed E-state index contributed by atoms with van der Waals surface area (Å²) in [5, 5.41) is 7.16. The van der Waals surface area contributed by atoms with Gasteiger partial charge in [-0.3, -0.25) is 13.6 Å². The molecular weight excluding hydrogens is 499 g/mol. The van der Waals surface area contributed by atoms with Crippen molar-refractivity contribution in [2.45, 2.75) is 53.4 Å². The summed E-state index contributed by atoms with van der Waals surface area (Å²) in [6.07, 6.45) is 9.99. The molecule has 2 unspecified atom stereocenters. The van der Waals surface area contributed by atoms with Crippen LogP contribution in [0, 0.1) is 18.7 Å². The average Bonchev–Trinajstić information content (AvgIpc) is 3.51. The summed E-state index contributed by atoms with van der Waals surface area (Å²) < 4.78 is 26.3. The molecule has 2 heterocycles. The topological polar surface area (TPSA) is 93.1 Å². The Morgan fingerprint density at radius 3 is 2.61 bits per heavy atom. The van der Waals surface area contributed by atoms with Crippen LogP contribution in [-0.4, -0.2) is 37.8 Å². The van der Waals surface area contributed by atoms with Gasteiger partial charge in [0.1, 0.15) is 16.8 Å². The standard InChI is InChI=1S/C18H17FN4O3S2.C8H18/c1-11-5-13(7-14(19)6-11)15-10-27-18(21-15)22-16(24)8-20-17(25)12-3-4-23(9-12)28(2)26;1-4-6-7-8(3)5-2/h3-7,9-10H,8H2,1-2H3,(H,20,25)(H,21,22,24);8H,4-7H2,1-3H3. The zero-order chi connectivity index (χ0) is 26.7. The van der Waals surface area contributed by atoms with Crippen molar-refractivity contribution in [1.82, 2.24) is 14.3 Å². The van der Waals surface area contributed by atoms with Crippen LogP contribution in [0.2, 0.25) is 0 Å². The molecule has 36 heavy (non-hydrogen) atoms. The normalized spacial score (nSPS) is 12.3. The third kappa shape index (κ3) is 9.66. The van der Waals surface area contributed by atoms with E-state index in [0.29, 0.717) is 22.0 Å². The number of unbranched alkanes of at least 4 members (excludes halogenated alkanes) is 1. The first-order chi connectivity index (χ1) is 17.1. The van der Waals surface area contributed by atoms with Crippen LogP contribution in [0.25, 0.3) is 11.3 Å². The Kier molecular flexibility index (Phi) is 12.0. The second-order valence-electron chi connectivity index (χ2n) is 8.63. The van der Waals surface area contributed by atoms with Crippen molar-refractivity contribution in [3.05, 3.63) is 59.0 Å². The van der Waals surface area contributed by atoms with Gasteiger partial charge in [0, 0.05) is 29.6 Å². The fourth-order valence-corrected chi connectivity index (χ4v) is 4.43. The molecule has 0 radical (unpaired) electrons. The van der Waals surface area contributed by atoms with Gasteiger partial charge in [-0.05, 0) is 42.7 Å². The zero-order valence-corrected chi connectivity index (χ0v) is 23.1. The SMILES string of the molecule is CCCCC(C)CC.Cc1cc(F)cc(-c2csc(NC(=O)CNC(=O)c3ccn(S(C)=O)c3)n2)c1. The van der Waals surface area contributed by atoms with Crippen LogP contribution in [0.3, 0.4) is 0 Å². The number of benzene rings is 1. The summed E-state index contributed by atoms with van der Waals surface area (Å²) in [4.78, 5) is 28.4. The largest absolute Gasteiger partial charge is 0.343 e. The maximum absolute atomic E-state index is 13.5. The highest BCUT2D eigenvalue weighted by Crippen LogP contribution is 2.26. The van der Waals surface area contributed by atoms with Crippen LogP contribution in [0.1, 0.15) is 62.4 Å². The van der Waals surface area contributed by atoms with Crippen molar-refractivity contribution >= 4 is 39.3 Å². The molecule has 1 aromatic carbocycles. The lowest BCUT2D eigenvalue weighted by molar-refractivity contribution is -0.115. The summed E-state index contributed by atoms with van der Waals surface area (Å²) in [6.45, 7) is 8.39. The molecular formula is C26H35FN4O3S2. The molecule has 0 bridgehead atoms. The van der Waals surface area contributed by atoms with Crippen LogP contribution >= 0.6 is 11.3 Å². The predicted molar refractivity (Wildman–Crippen MR) is 146 cm³/mol. The minimum atomic E-state index is -1.25. The Morgan fingerprint density at radius 1 is 1.25 bits per heavy atom. The lowest BCUT2D eigenvalue weighted by Crippen LogP contribution is -2.32. The number of nitrogens with one attached hydrogen (secondary N) is 2. The highest BCUT2D eigenvalue weighted by molar-refractivity contribution is 7.82. The van der Waals surface area contributed by atoms with E-state index in [1.807, 2.05) is 0 Å². The second kappa shape index (κ2) is 14.6. The van der Waals surface area contributed by atoms with E-state index >= 15 is 0 Å². The van der Waals surface area contributed by atoms with E-state index in [1.54, 1.807) is 18.4 Å². The van der Waals surface area contributed by atoms with Crippen molar-refractivity contribution in [2.24, 2.45) is 5.92 Å². The van der Waals surface area contributed by atoms with Crippen molar-refractivity contribution in [3.8, 4) is 11.3 Å². The van der Waals surface area contributed by atoms with E-state index in [1.165, 1.54) is 77.8 Å². The van der Waals surface area contributed by atoms with Crippen LogP contribution in [-0.2, 0) is 15.8 Å². The number of halogens is 1. The molecule has 196 valence electrons. The maximum atomic E-state index is 13.5. The van der Waals surface area contributed by atoms with E-state index < -0.39 is 22.8 Å². The quantitative estimate of drug-likeness (QED) is 0.344. The second-order valence-corrected chi connectivity index (χ2v) is 10.8. The van der Waals surface area contributed by atoms with E-state index in [4.69, 9.17) is 0 Å². The van der Waals surface area contributed by atoms with Crippen LogP contribution in [0.5, 0.6) is 0 Å². The van der Waals surface area contributed by atoms with Crippen molar-refractivity contribution in [3.63, 3.8) is 0 Å². The van der Waals surface area contributed by atoms with Gasteiger partial charge in [0.25, 0.3) is 5.91 Å². The number of hydrogen-bond acceptors (Lipinski definition) is 5. The number of carbonyl (C=O) groups excluding carboxylic acids is 2. The minimum absolute atomic E-state index is 0.243. The van der Waals surface area contributed by atoms with Gasteiger partial charge in [0.15, 0.2) is 5.13 Å². The number of anilines is 1. The molecule has 2 atom stereocenters. The summed E-state index contributed by atoms with van der Waals surface area (Å²) in [7, 11) is -1.25. The van der Waals surface area contributed by atoms with Gasteiger partial charge in [0.2, 0.25) is 5.91 Å². The van der Waals surface area contributed by atoms with Crippen LogP contribution in [0.4, 0.5) is 9.52 Å². The third-order valence-corrected chi connectivity index (χ3v) is 7.05. The molecule has 10 heteroatoms. The third-order valence-electron chi connectivity index (χ3n) is 5.47. The van der Waals surface area contributed by atoms with Gasteiger partial charge >= 0.3 is 0 Å². The summed E-state index contributed by atoms with van der Waals surface area (Å²) in [6, 6.07) is 6.12. The minimum Gasteiger partial charge on any atom is -0.343 e. The lowest BCUT2D eigenvalue weighted by Gasteiger charge is -2.04. The molecule has 0 saturated heterocycles. The number of carbonyl (C=O) groups is 2. The van der Waals surface area contributed by atoms with E-state index in [2.05, 4.69) is 36.4 Å². The van der Waals surface area contributed by atoms with Crippen molar-refractivity contribution in [1.29, 1.82) is 0 Å². The number of amides is 2. The smallest absolute Gasteiger partial charge is 0.253 e. The number of nitrogens with zero attached hydrogens (tertiary/aromatic N) is 2.